The lowest BCUT2D eigenvalue weighted by atomic mass is 10.0. The van der Waals surface area contributed by atoms with E-state index in [0.717, 1.165) is 6.07 Å². The van der Waals surface area contributed by atoms with Gasteiger partial charge in [0.1, 0.15) is 5.60 Å². The lowest BCUT2D eigenvalue weighted by Gasteiger charge is -2.36. The molecule has 0 spiro atoms. The average molecular weight is 604 g/mol. The zero-order chi connectivity index (χ0) is 29.9. The molecule has 1 fully saturated rings. The van der Waals surface area contributed by atoms with Crippen LogP contribution in [-0.2, 0) is 33.8 Å². The number of carbonyl (C=O) groups is 2. The lowest BCUT2D eigenvalue weighted by Crippen LogP contribution is -2.49. The van der Waals surface area contributed by atoms with Gasteiger partial charge in [0.15, 0.2) is 9.84 Å². The van der Waals surface area contributed by atoms with Gasteiger partial charge in [-0.2, -0.15) is 13.2 Å². The normalized spacial score (nSPS) is 15.2. The van der Waals surface area contributed by atoms with Crippen molar-refractivity contribution in [1.29, 1.82) is 0 Å². The standard InChI is InChI=1S/C27H33ClF3N3O5S/c1-5-40(37,38)23-9-8-21(28)14-20(23)16-32-24(35)18-6-7-19(22(15-18)27(29,30)31)17-33-10-12-34(13-11-33)25(36)39-26(2,3)4/h6-9,14-15H,5,10-13,16-17H2,1-4H3,(H,32,35). The van der Waals surface area contributed by atoms with Crippen LogP contribution < -0.4 is 5.32 Å². The number of benzene rings is 2. The van der Waals surface area contributed by atoms with E-state index in [4.69, 9.17) is 16.3 Å². The van der Waals surface area contributed by atoms with E-state index >= 15 is 0 Å². The predicted octanol–water partition coefficient (Wildman–Crippen LogP) is 5.14. The number of amides is 2. The van der Waals surface area contributed by atoms with Gasteiger partial charge in [-0.15, -0.1) is 0 Å². The van der Waals surface area contributed by atoms with Crippen LogP contribution in [-0.4, -0.2) is 67.8 Å². The molecular formula is C27H33ClF3N3O5S. The summed E-state index contributed by atoms with van der Waals surface area (Å²) < 4.78 is 72.1. The molecular weight excluding hydrogens is 571 g/mol. The Morgan fingerprint density at radius 3 is 2.23 bits per heavy atom. The summed E-state index contributed by atoms with van der Waals surface area (Å²) in [4.78, 5) is 28.4. The van der Waals surface area contributed by atoms with Gasteiger partial charge in [0.05, 0.1) is 16.2 Å². The van der Waals surface area contributed by atoms with E-state index in [2.05, 4.69) is 5.32 Å². The minimum absolute atomic E-state index is 0.000865. The van der Waals surface area contributed by atoms with Gasteiger partial charge in [0.25, 0.3) is 5.91 Å². The van der Waals surface area contributed by atoms with Crippen molar-refractivity contribution in [2.45, 2.75) is 57.5 Å². The van der Waals surface area contributed by atoms with Crippen molar-refractivity contribution >= 4 is 33.4 Å². The predicted molar refractivity (Wildman–Crippen MR) is 145 cm³/mol. The smallest absolute Gasteiger partial charge is 0.416 e. The molecule has 1 heterocycles. The Hall–Kier alpha value is -2.83. The van der Waals surface area contributed by atoms with E-state index in [1.54, 1.807) is 25.7 Å². The molecule has 0 bridgehead atoms. The lowest BCUT2D eigenvalue weighted by molar-refractivity contribution is -0.138. The molecule has 1 N–H and O–H groups in total. The fourth-order valence-electron chi connectivity index (χ4n) is 4.20. The Morgan fingerprint density at radius 2 is 1.65 bits per heavy atom. The SMILES string of the molecule is CCS(=O)(=O)c1ccc(Cl)cc1CNC(=O)c1ccc(CN2CCN(C(=O)OC(C)(C)C)CC2)c(C(F)(F)F)c1. The van der Waals surface area contributed by atoms with Crippen LogP contribution in [0, 0.1) is 0 Å². The van der Waals surface area contributed by atoms with Crippen molar-refractivity contribution in [3.05, 3.63) is 63.7 Å². The quantitative estimate of drug-likeness (QED) is 0.471. The largest absolute Gasteiger partial charge is 0.444 e. The van der Waals surface area contributed by atoms with E-state index in [0.29, 0.717) is 26.2 Å². The minimum atomic E-state index is -4.71. The third-order valence-electron chi connectivity index (χ3n) is 6.27. The molecule has 13 heteroatoms. The molecule has 0 unspecified atom stereocenters. The molecule has 8 nitrogen and oxygen atoms in total. The van der Waals surface area contributed by atoms with Crippen LogP contribution in [0.4, 0.5) is 18.0 Å². The number of hydrogen-bond donors (Lipinski definition) is 1. The van der Waals surface area contributed by atoms with Crippen LogP contribution in [0.3, 0.4) is 0 Å². The third kappa shape index (κ3) is 8.34. The van der Waals surface area contributed by atoms with Crippen LogP contribution >= 0.6 is 11.6 Å². The van der Waals surface area contributed by atoms with E-state index in [1.807, 2.05) is 0 Å². The van der Waals surface area contributed by atoms with E-state index in [-0.39, 0.29) is 45.5 Å². The third-order valence-corrected chi connectivity index (χ3v) is 8.34. The molecule has 0 saturated carbocycles. The highest BCUT2D eigenvalue weighted by Gasteiger charge is 2.35. The molecule has 0 radical (unpaired) electrons. The number of hydrogen-bond acceptors (Lipinski definition) is 6. The fourth-order valence-corrected chi connectivity index (χ4v) is 5.51. The van der Waals surface area contributed by atoms with Crippen molar-refractivity contribution in [1.82, 2.24) is 15.1 Å². The highest BCUT2D eigenvalue weighted by molar-refractivity contribution is 7.91. The van der Waals surface area contributed by atoms with Gasteiger partial charge < -0.3 is 15.0 Å². The fraction of sp³-hybridized carbons (Fsp3) is 0.481. The summed E-state index contributed by atoms with van der Waals surface area (Å²) in [6, 6.07) is 7.52. The molecule has 0 aromatic heterocycles. The van der Waals surface area contributed by atoms with Gasteiger partial charge in [-0.05, 0) is 62.2 Å². The number of sulfone groups is 1. The summed E-state index contributed by atoms with van der Waals surface area (Å²) in [5.74, 6) is -0.954. The van der Waals surface area contributed by atoms with E-state index in [9.17, 15) is 31.2 Å². The molecule has 1 aliphatic heterocycles. The molecule has 2 aromatic rings. The summed E-state index contributed by atoms with van der Waals surface area (Å²) in [5, 5.41) is 2.76. The molecule has 40 heavy (non-hydrogen) atoms. The van der Waals surface area contributed by atoms with Crippen molar-refractivity contribution in [3.8, 4) is 0 Å². The maximum atomic E-state index is 14.0. The zero-order valence-electron chi connectivity index (χ0n) is 22.8. The number of piperazine rings is 1. The highest BCUT2D eigenvalue weighted by atomic mass is 35.5. The Morgan fingerprint density at radius 1 is 1.00 bits per heavy atom. The van der Waals surface area contributed by atoms with Gasteiger partial charge >= 0.3 is 12.3 Å². The number of ether oxygens (including phenoxy) is 1. The molecule has 1 aliphatic rings. The second-order valence-electron chi connectivity index (χ2n) is 10.5. The highest BCUT2D eigenvalue weighted by Crippen LogP contribution is 2.34. The molecule has 2 aromatic carbocycles. The average Bonchev–Trinajstić information content (AvgIpc) is 2.86. The Bertz CT molecular complexity index is 1350. The summed E-state index contributed by atoms with van der Waals surface area (Å²) in [7, 11) is -3.61. The number of halogens is 4. The van der Waals surface area contributed by atoms with Crippen molar-refractivity contribution in [3.63, 3.8) is 0 Å². The summed E-state index contributed by atoms with van der Waals surface area (Å²) in [6.07, 6.45) is -5.17. The van der Waals surface area contributed by atoms with Crippen LogP contribution in [0.2, 0.25) is 5.02 Å². The number of carbonyl (C=O) groups excluding carboxylic acids is 2. The Labute approximate surface area is 237 Å². The zero-order valence-corrected chi connectivity index (χ0v) is 24.3. The first kappa shape index (κ1) is 31.7. The molecule has 220 valence electrons. The van der Waals surface area contributed by atoms with E-state index < -0.39 is 39.2 Å². The summed E-state index contributed by atoms with van der Waals surface area (Å²) in [5.41, 5.74) is -1.56. The summed E-state index contributed by atoms with van der Waals surface area (Å²) in [6.45, 7) is 7.86. The van der Waals surface area contributed by atoms with Crippen LogP contribution in [0.5, 0.6) is 0 Å². The van der Waals surface area contributed by atoms with Gasteiger partial charge in [0, 0.05) is 49.9 Å². The molecule has 3 rings (SSSR count). The first-order valence-electron chi connectivity index (χ1n) is 12.7. The number of alkyl halides is 3. The maximum Gasteiger partial charge on any atom is 0.416 e. The van der Waals surface area contributed by atoms with Gasteiger partial charge in [-0.3, -0.25) is 9.69 Å². The molecule has 0 atom stereocenters. The molecule has 1 saturated heterocycles. The minimum Gasteiger partial charge on any atom is -0.444 e. The number of nitrogens with one attached hydrogen (secondary N) is 1. The van der Waals surface area contributed by atoms with E-state index in [1.165, 1.54) is 42.2 Å². The second-order valence-corrected chi connectivity index (χ2v) is 13.1. The van der Waals surface area contributed by atoms with Gasteiger partial charge in [0.2, 0.25) is 0 Å². The van der Waals surface area contributed by atoms with Crippen molar-refractivity contribution in [2.24, 2.45) is 0 Å². The Balaban J connectivity index is 1.72. The number of nitrogens with zero attached hydrogens (tertiary/aromatic N) is 2. The van der Waals surface area contributed by atoms with Crippen LogP contribution in [0.1, 0.15) is 54.7 Å². The van der Waals surface area contributed by atoms with Crippen molar-refractivity contribution in [2.75, 3.05) is 31.9 Å². The topological polar surface area (TPSA) is 96.0 Å². The first-order chi connectivity index (χ1) is 18.5. The number of rotatable bonds is 7. The first-order valence-corrected chi connectivity index (χ1v) is 14.7. The van der Waals surface area contributed by atoms with Gasteiger partial charge in [-0.25, -0.2) is 13.2 Å². The monoisotopic (exact) mass is 603 g/mol. The Kier molecular flexibility index (Phi) is 9.79. The van der Waals surface area contributed by atoms with Crippen molar-refractivity contribution < 1.29 is 35.9 Å². The molecule has 0 aliphatic carbocycles. The second kappa shape index (κ2) is 12.4. The van der Waals surface area contributed by atoms with Gasteiger partial charge in [-0.1, -0.05) is 24.6 Å². The summed E-state index contributed by atoms with van der Waals surface area (Å²) >= 11 is 6.00. The molecule has 2 amide bonds. The van der Waals surface area contributed by atoms with Crippen LogP contribution in [0.25, 0.3) is 0 Å². The maximum absolute atomic E-state index is 14.0. The van der Waals surface area contributed by atoms with Crippen LogP contribution in [0.15, 0.2) is 41.3 Å².